The van der Waals surface area contributed by atoms with Crippen LogP contribution >= 0.6 is 23.2 Å². The molecule has 0 saturated carbocycles. The van der Waals surface area contributed by atoms with Crippen molar-refractivity contribution in [3.05, 3.63) is 33.8 Å². The molecular weight excluding hydrogens is 225 g/mol. The standard InChI is InChI=1S/C9H7Cl2NO2/c10-6-3-5(1-2-8(13)14)9(12)7(11)4-6/h1-4H,12H2,(H,13,14). The van der Waals surface area contributed by atoms with Crippen LogP contribution in [0.5, 0.6) is 0 Å². The molecule has 0 amide bonds. The fraction of sp³-hybridized carbons (Fsp3) is 0. The van der Waals surface area contributed by atoms with Gasteiger partial charge < -0.3 is 10.8 Å². The third kappa shape index (κ3) is 2.65. The molecule has 5 heteroatoms. The highest BCUT2D eigenvalue weighted by atomic mass is 35.5. The first-order chi connectivity index (χ1) is 6.50. The molecular formula is C9H7Cl2NO2. The summed E-state index contributed by atoms with van der Waals surface area (Å²) in [5.74, 6) is -1.06. The van der Waals surface area contributed by atoms with E-state index in [2.05, 4.69) is 0 Å². The average Bonchev–Trinajstić information content (AvgIpc) is 2.08. The molecule has 0 heterocycles. The molecule has 0 spiro atoms. The molecule has 0 fully saturated rings. The number of benzene rings is 1. The highest BCUT2D eigenvalue weighted by Gasteiger charge is 2.03. The highest BCUT2D eigenvalue weighted by molar-refractivity contribution is 6.36. The summed E-state index contributed by atoms with van der Waals surface area (Å²) in [5, 5.41) is 9.13. The van der Waals surface area contributed by atoms with Crippen LogP contribution in [0, 0.1) is 0 Å². The van der Waals surface area contributed by atoms with E-state index in [0.29, 0.717) is 21.3 Å². The minimum Gasteiger partial charge on any atom is -0.478 e. The van der Waals surface area contributed by atoms with Crippen molar-refractivity contribution in [2.75, 3.05) is 5.73 Å². The highest BCUT2D eigenvalue weighted by Crippen LogP contribution is 2.28. The summed E-state index contributed by atoms with van der Waals surface area (Å²) in [6.07, 6.45) is 2.31. The van der Waals surface area contributed by atoms with Gasteiger partial charge in [0.25, 0.3) is 0 Å². The van der Waals surface area contributed by atoms with E-state index in [-0.39, 0.29) is 0 Å². The number of anilines is 1. The molecule has 0 aliphatic rings. The molecule has 0 aliphatic heterocycles. The van der Waals surface area contributed by atoms with Crippen molar-refractivity contribution in [2.45, 2.75) is 0 Å². The fourth-order valence-corrected chi connectivity index (χ4v) is 1.41. The van der Waals surface area contributed by atoms with Crippen molar-refractivity contribution < 1.29 is 9.90 Å². The van der Waals surface area contributed by atoms with E-state index in [4.69, 9.17) is 34.0 Å². The van der Waals surface area contributed by atoms with E-state index in [1.165, 1.54) is 12.1 Å². The van der Waals surface area contributed by atoms with Crippen LogP contribution in [0.4, 0.5) is 5.69 Å². The van der Waals surface area contributed by atoms with Crippen LogP contribution in [0.3, 0.4) is 0 Å². The van der Waals surface area contributed by atoms with Crippen molar-refractivity contribution in [2.24, 2.45) is 0 Å². The number of hydrogen-bond donors (Lipinski definition) is 2. The Morgan fingerprint density at radius 1 is 1.43 bits per heavy atom. The Morgan fingerprint density at radius 2 is 2.07 bits per heavy atom. The van der Waals surface area contributed by atoms with Crippen LogP contribution in [0.25, 0.3) is 6.08 Å². The molecule has 0 unspecified atom stereocenters. The second-order valence-electron chi connectivity index (χ2n) is 2.56. The Labute approximate surface area is 90.7 Å². The third-order valence-corrected chi connectivity index (χ3v) is 2.06. The zero-order valence-corrected chi connectivity index (χ0v) is 8.51. The molecule has 1 aromatic carbocycles. The van der Waals surface area contributed by atoms with Gasteiger partial charge in [0.05, 0.1) is 10.7 Å². The number of halogens is 2. The number of rotatable bonds is 2. The number of carboxylic acids is 1. The normalized spacial score (nSPS) is 10.7. The summed E-state index contributed by atoms with van der Waals surface area (Å²) >= 11 is 11.5. The van der Waals surface area contributed by atoms with Crippen LogP contribution in [-0.4, -0.2) is 11.1 Å². The van der Waals surface area contributed by atoms with Gasteiger partial charge in [-0.1, -0.05) is 23.2 Å². The third-order valence-electron chi connectivity index (χ3n) is 1.53. The van der Waals surface area contributed by atoms with Gasteiger partial charge in [-0.25, -0.2) is 4.79 Å². The quantitative estimate of drug-likeness (QED) is 0.608. The minimum atomic E-state index is -1.06. The Kier molecular flexibility index (Phi) is 3.38. The molecule has 1 aromatic rings. The number of carboxylic acid groups (broad SMARTS) is 1. The van der Waals surface area contributed by atoms with Gasteiger partial charge in [-0.05, 0) is 18.2 Å². The number of aliphatic carboxylic acids is 1. The lowest BCUT2D eigenvalue weighted by Gasteiger charge is -2.03. The van der Waals surface area contributed by atoms with Gasteiger partial charge >= 0.3 is 5.97 Å². The summed E-state index contributed by atoms with van der Waals surface area (Å²) in [5.41, 5.74) is 6.41. The summed E-state index contributed by atoms with van der Waals surface area (Å²) < 4.78 is 0. The molecule has 74 valence electrons. The molecule has 14 heavy (non-hydrogen) atoms. The molecule has 3 nitrogen and oxygen atoms in total. The van der Waals surface area contributed by atoms with Gasteiger partial charge in [0.15, 0.2) is 0 Å². The van der Waals surface area contributed by atoms with Crippen LogP contribution in [0.15, 0.2) is 18.2 Å². The molecule has 0 bridgehead atoms. The zero-order valence-electron chi connectivity index (χ0n) is 7.00. The van der Waals surface area contributed by atoms with Gasteiger partial charge in [0, 0.05) is 16.7 Å². The maximum atomic E-state index is 10.3. The smallest absolute Gasteiger partial charge is 0.328 e. The maximum absolute atomic E-state index is 10.3. The van der Waals surface area contributed by atoms with Crippen molar-refractivity contribution >= 4 is 40.9 Å². The van der Waals surface area contributed by atoms with Crippen LogP contribution in [0.2, 0.25) is 10.0 Å². The van der Waals surface area contributed by atoms with E-state index < -0.39 is 5.97 Å². The van der Waals surface area contributed by atoms with E-state index in [1.807, 2.05) is 0 Å². The Balaban J connectivity index is 3.14. The van der Waals surface area contributed by atoms with Crippen LogP contribution < -0.4 is 5.73 Å². The lowest BCUT2D eigenvalue weighted by Crippen LogP contribution is -1.92. The van der Waals surface area contributed by atoms with Crippen LogP contribution in [0.1, 0.15) is 5.56 Å². The summed E-state index contributed by atoms with van der Waals surface area (Å²) in [7, 11) is 0. The molecule has 0 aliphatic carbocycles. The predicted molar refractivity (Wildman–Crippen MR) is 57.5 cm³/mol. The predicted octanol–water partition coefficient (Wildman–Crippen LogP) is 2.67. The van der Waals surface area contributed by atoms with Gasteiger partial charge in [-0.15, -0.1) is 0 Å². The summed E-state index contributed by atoms with van der Waals surface area (Å²) in [6, 6.07) is 3.04. The Morgan fingerprint density at radius 3 is 2.64 bits per heavy atom. The van der Waals surface area contributed by atoms with Crippen molar-refractivity contribution in [1.82, 2.24) is 0 Å². The first-order valence-corrected chi connectivity index (χ1v) is 4.42. The van der Waals surface area contributed by atoms with E-state index in [0.717, 1.165) is 6.08 Å². The monoisotopic (exact) mass is 231 g/mol. The number of carbonyl (C=O) groups is 1. The topological polar surface area (TPSA) is 63.3 Å². The first kappa shape index (κ1) is 10.9. The number of hydrogen-bond acceptors (Lipinski definition) is 2. The largest absolute Gasteiger partial charge is 0.478 e. The van der Waals surface area contributed by atoms with E-state index in [9.17, 15) is 4.79 Å². The van der Waals surface area contributed by atoms with Gasteiger partial charge in [-0.3, -0.25) is 0 Å². The zero-order chi connectivity index (χ0) is 10.7. The SMILES string of the molecule is Nc1c(Cl)cc(Cl)cc1C=CC(=O)O. The van der Waals surface area contributed by atoms with Crippen LogP contribution in [-0.2, 0) is 4.79 Å². The minimum absolute atomic E-state index is 0.308. The van der Waals surface area contributed by atoms with E-state index in [1.54, 1.807) is 6.07 Å². The second kappa shape index (κ2) is 4.35. The van der Waals surface area contributed by atoms with E-state index >= 15 is 0 Å². The van der Waals surface area contributed by atoms with Crippen molar-refractivity contribution in [3.8, 4) is 0 Å². The number of nitrogens with two attached hydrogens (primary N) is 1. The molecule has 3 N–H and O–H groups in total. The summed E-state index contributed by atoms with van der Waals surface area (Å²) in [4.78, 5) is 10.3. The van der Waals surface area contributed by atoms with Gasteiger partial charge in [0.1, 0.15) is 0 Å². The summed E-state index contributed by atoms with van der Waals surface area (Å²) in [6.45, 7) is 0. The number of nitrogen functional groups attached to an aromatic ring is 1. The lowest BCUT2D eigenvalue weighted by atomic mass is 10.1. The average molecular weight is 232 g/mol. The van der Waals surface area contributed by atoms with Crippen molar-refractivity contribution in [1.29, 1.82) is 0 Å². The fourth-order valence-electron chi connectivity index (χ4n) is 0.904. The second-order valence-corrected chi connectivity index (χ2v) is 3.41. The van der Waals surface area contributed by atoms with Crippen molar-refractivity contribution in [3.63, 3.8) is 0 Å². The molecule has 0 radical (unpaired) electrons. The molecule has 0 atom stereocenters. The van der Waals surface area contributed by atoms with Gasteiger partial charge in [0.2, 0.25) is 0 Å². The lowest BCUT2D eigenvalue weighted by molar-refractivity contribution is -0.131. The molecule has 0 aromatic heterocycles. The van der Waals surface area contributed by atoms with Gasteiger partial charge in [-0.2, -0.15) is 0 Å². The molecule has 1 rings (SSSR count). The Hall–Kier alpha value is -1.19. The molecule has 0 saturated heterocycles. The maximum Gasteiger partial charge on any atom is 0.328 e. The Bertz CT molecular complexity index is 402. The first-order valence-electron chi connectivity index (χ1n) is 3.66.